The fraction of sp³-hybridized carbons (Fsp3) is 0.226. The molecule has 54 heavy (non-hydrogen) atoms. The van der Waals surface area contributed by atoms with E-state index < -0.39 is 93.2 Å². The van der Waals surface area contributed by atoms with Crippen LogP contribution in [0.25, 0.3) is 0 Å². The lowest BCUT2D eigenvalue weighted by Gasteiger charge is -2.45. The summed E-state index contributed by atoms with van der Waals surface area (Å²) in [6.45, 7) is -1.39. The number of ether oxygens (including phenoxy) is 1. The van der Waals surface area contributed by atoms with Crippen molar-refractivity contribution in [1.29, 1.82) is 0 Å². The number of hydrogen-bond donors (Lipinski definition) is 2. The first kappa shape index (κ1) is 40.5. The summed E-state index contributed by atoms with van der Waals surface area (Å²) in [7, 11) is -18.1. The zero-order chi connectivity index (χ0) is 39.5. The fourth-order valence-corrected chi connectivity index (χ4v) is 14.3. The van der Waals surface area contributed by atoms with E-state index in [2.05, 4.69) is 10.6 Å². The van der Waals surface area contributed by atoms with E-state index in [-0.39, 0.29) is 36.1 Å². The Bertz CT molecular complexity index is 2350. The van der Waals surface area contributed by atoms with Gasteiger partial charge in [0.2, 0.25) is 19.7 Å². The van der Waals surface area contributed by atoms with E-state index in [1.807, 2.05) is 22.6 Å². The lowest BCUT2D eigenvalue weighted by molar-refractivity contribution is -0.388. The molecule has 5 rings (SSSR count). The number of para-hydroxylation sites is 3. The van der Waals surface area contributed by atoms with Crippen LogP contribution in [0.1, 0.15) is 6.42 Å². The highest BCUT2D eigenvalue weighted by Crippen LogP contribution is 2.48. The molecule has 23 heteroatoms. The third-order valence-electron chi connectivity index (χ3n) is 8.20. The van der Waals surface area contributed by atoms with Gasteiger partial charge in [-0.2, -0.15) is 4.31 Å². The monoisotopic (exact) mass is 916 g/mol. The number of halogens is 1. The minimum absolute atomic E-state index is 0.0244. The van der Waals surface area contributed by atoms with Crippen molar-refractivity contribution in [2.75, 3.05) is 26.2 Å². The van der Waals surface area contributed by atoms with Gasteiger partial charge in [0.05, 0.1) is 14.8 Å². The molecule has 1 unspecified atom stereocenters. The van der Waals surface area contributed by atoms with Gasteiger partial charge in [-0.25, -0.2) is 25.3 Å². The number of nitro groups is 3. The number of nitrogens with zero attached hydrogens (tertiary/aromatic N) is 4. The summed E-state index contributed by atoms with van der Waals surface area (Å²) >= 11 is 1.94. The van der Waals surface area contributed by atoms with Gasteiger partial charge < -0.3 is 10.1 Å². The van der Waals surface area contributed by atoms with Crippen LogP contribution >= 0.6 is 22.6 Å². The fourth-order valence-electron chi connectivity index (χ4n) is 5.86. The van der Waals surface area contributed by atoms with Crippen molar-refractivity contribution >= 4 is 69.4 Å². The molecule has 0 bridgehead atoms. The number of sulfone groups is 2. The number of hydrogen-bond acceptors (Lipinski definition) is 15. The molecule has 1 aliphatic rings. The standard InChI is InChI=1S/C31H29IN6O13S3/c32-22-14-16-23(17-15-22)51-30-31(52(45,46)27-11-4-1-8-24(27)36(39)40,53(47,48)28-12-5-2-9-25(28)37(41)42)35(21-7-18-33-19-20-34-30)54(49,50)29-13-6-3-10-26(29)38(43)44/h1-6,8-17,30,33-34H,7,18-21H2. The molecule has 4 aromatic carbocycles. The minimum Gasteiger partial charge on any atom is -0.471 e. The van der Waals surface area contributed by atoms with Gasteiger partial charge in [0, 0.05) is 41.4 Å². The van der Waals surface area contributed by atoms with Gasteiger partial charge in [-0.3, -0.25) is 35.7 Å². The van der Waals surface area contributed by atoms with Gasteiger partial charge >= 0.3 is 0 Å². The summed E-state index contributed by atoms with van der Waals surface area (Å²) in [5.74, 6) is -0.221. The van der Waals surface area contributed by atoms with Gasteiger partial charge in [-0.05, 0) is 78.0 Å². The predicted octanol–water partition coefficient (Wildman–Crippen LogP) is 3.60. The molecule has 0 spiro atoms. The maximum absolute atomic E-state index is 15.7. The first-order chi connectivity index (χ1) is 25.5. The van der Waals surface area contributed by atoms with Gasteiger partial charge in [0.15, 0.2) is 11.1 Å². The van der Waals surface area contributed by atoms with Crippen molar-refractivity contribution in [3.8, 4) is 5.75 Å². The molecule has 1 heterocycles. The van der Waals surface area contributed by atoms with E-state index >= 15 is 25.3 Å². The molecule has 1 fully saturated rings. The Morgan fingerprint density at radius 3 is 1.57 bits per heavy atom. The maximum Gasteiger partial charge on any atom is 0.298 e. The summed E-state index contributed by atoms with van der Waals surface area (Å²) < 4.78 is 95.8. The van der Waals surface area contributed by atoms with E-state index in [1.165, 1.54) is 24.3 Å². The van der Waals surface area contributed by atoms with Crippen LogP contribution in [0, 0.1) is 33.9 Å². The van der Waals surface area contributed by atoms with Crippen molar-refractivity contribution in [1.82, 2.24) is 14.9 Å². The van der Waals surface area contributed by atoms with E-state index in [1.54, 1.807) is 0 Å². The summed E-state index contributed by atoms with van der Waals surface area (Å²) in [5.41, 5.74) is -3.43. The van der Waals surface area contributed by atoms with E-state index in [9.17, 15) is 30.3 Å². The number of nitrogens with one attached hydrogen (secondary N) is 2. The largest absolute Gasteiger partial charge is 0.471 e. The Kier molecular flexibility index (Phi) is 12.0. The van der Waals surface area contributed by atoms with E-state index in [0.717, 1.165) is 60.7 Å². The second kappa shape index (κ2) is 16.0. The summed E-state index contributed by atoms with van der Waals surface area (Å²) in [5, 5.41) is 42.7. The summed E-state index contributed by atoms with van der Waals surface area (Å²) in [4.78, 5) is 30.0. The summed E-state index contributed by atoms with van der Waals surface area (Å²) in [6, 6.07) is 16.4. The normalized spacial score (nSPS) is 17.2. The zero-order valence-electron chi connectivity index (χ0n) is 27.5. The molecule has 4 aromatic rings. The van der Waals surface area contributed by atoms with Gasteiger partial charge in [-0.1, -0.05) is 36.4 Å². The molecule has 0 aromatic heterocycles. The first-order valence-electron chi connectivity index (χ1n) is 15.6. The molecule has 0 radical (unpaired) electrons. The number of sulfonamides is 1. The van der Waals surface area contributed by atoms with Crippen LogP contribution in [-0.2, 0) is 29.7 Å². The van der Waals surface area contributed by atoms with E-state index in [0.29, 0.717) is 15.7 Å². The molecule has 1 atom stereocenters. The molecular weight excluding hydrogens is 887 g/mol. The lowest BCUT2D eigenvalue weighted by Crippen LogP contribution is -2.73. The van der Waals surface area contributed by atoms with Crippen molar-refractivity contribution < 1.29 is 44.8 Å². The number of rotatable bonds is 11. The van der Waals surface area contributed by atoms with Crippen molar-refractivity contribution in [2.24, 2.45) is 0 Å². The highest BCUT2D eigenvalue weighted by molar-refractivity contribution is 14.1. The molecule has 0 amide bonds. The zero-order valence-corrected chi connectivity index (χ0v) is 32.2. The van der Waals surface area contributed by atoms with Gasteiger partial charge in [0.1, 0.15) is 15.5 Å². The lowest BCUT2D eigenvalue weighted by atomic mass is 10.3. The smallest absolute Gasteiger partial charge is 0.298 e. The molecule has 0 aliphatic carbocycles. The average molecular weight is 917 g/mol. The number of benzene rings is 4. The quantitative estimate of drug-likeness (QED) is 0.124. The van der Waals surface area contributed by atoms with E-state index in [4.69, 9.17) is 4.74 Å². The Labute approximate surface area is 321 Å². The molecule has 1 aliphatic heterocycles. The highest BCUT2D eigenvalue weighted by atomic mass is 127. The Morgan fingerprint density at radius 1 is 0.648 bits per heavy atom. The minimum atomic E-state index is -6.15. The summed E-state index contributed by atoms with van der Waals surface area (Å²) in [6.07, 6.45) is -2.93. The van der Waals surface area contributed by atoms with Crippen LogP contribution in [-0.4, -0.2) is 80.9 Å². The van der Waals surface area contributed by atoms with Crippen LogP contribution in [0.2, 0.25) is 0 Å². The van der Waals surface area contributed by atoms with Crippen LogP contribution < -0.4 is 15.4 Å². The highest BCUT2D eigenvalue weighted by Gasteiger charge is 2.71. The SMILES string of the molecule is O=[N+]([O-])c1ccccc1S(=O)(=O)N1CCCNCCNC(Oc2ccc(I)cc2)C1(S(=O)(=O)c1ccccc1[N+](=O)[O-])S(=O)(=O)c1ccccc1[N+](=O)[O-]. The second-order valence-electron chi connectivity index (χ2n) is 11.4. The number of nitro benzene ring substituents is 3. The second-order valence-corrected chi connectivity index (χ2v) is 18.9. The third kappa shape index (κ3) is 7.26. The molecular formula is C31H29IN6O13S3. The molecule has 0 saturated carbocycles. The van der Waals surface area contributed by atoms with Crippen LogP contribution in [0.15, 0.2) is 112 Å². The first-order valence-corrected chi connectivity index (χ1v) is 21.1. The third-order valence-corrected chi connectivity index (χ3v) is 16.7. The molecule has 19 nitrogen and oxygen atoms in total. The van der Waals surface area contributed by atoms with Crippen molar-refractivity contribution in [3.63, 3.8) is 0 Å². The maximum atomic E-state index is 15.7. The Balaban J connectivity index is 2.09. The van der Waals surface area contributed by atoms with Crippen molar-refractivity contribution in [3.05, 3.63) is 131 Å². The molecule has 2 N–H and O–H groups in total. The Hall–Kier alpha value is -4.66. The van der Waals surface area contributed by atoms with Crippen LogP contribution in [0.3, 0.4) is 0 Å². The Morgan fingerprint density at radius 2 is 1.09 bits per heavy atom. The van der Waals surface area contributed by atoms with Crippen LogP contribution in [0.5, 0.6) is 5.75 Å². The van der Waals surface area contributed by atoms with Gasteiger partial charge in [0.25, 0.3) is 31.3 Å². The van der Waals surface area contributed by atoms with Gasteiger partial charge in [-0.15, -0.1) is 0 Å². The van der Waals surface area contributed by atoms with Crippen molar-refractivity contribution in [2.45, 2.75) is 31.5 Å². The molecule has 1 saturated heterocycles. The molecule has 286 valence electrons. The predicted molar refractivity (Wildman–Crippen MR) is 199 cm³/mol. The van der Waals surface area contributed by atoms with Crippen LogP contribution in [0.4, 0.5) is 17.1 Å². The average Bonchev–Trinajstić information content (AvgIpc) is 3.14. The topological polar surface area (TPSA) is 268 Å².